The van der Waals surface area contributed by atoms with E-state index < -0.39 is 10.8 Å². The van der Waals surface area contributed by atoms with Crippen LogP contribution in [0.4, 0.5) is 11.4 Å². The molecule has 1 heterocycles. The molecule has 0 spiro atoms. The van der Waals surface area contributed by atoms with Gasteiger partial charge in [0.1, 0.15) is 0 Å². The number of carbonyl (C=O) groups excluding carboxylic acids is 1. The second-order valence-corrected chi connectivity index (χ2v) is 7.65. The lowest BCUT2D eigenvalue weighted by atomic mass is 10.0. The van der Waals surface area contributed by atoms with Gasteiger partial charge in [0, 0.05) is 17.0 Å². The summed E-state index contributed by atoms with van der Waals surface area (Å²) < 4.78 is 16.3. The van der Waals surface area contributed by atoms with Crippen molar-refractivity contribution in [2.45, 2.75) is 6.92 Å². The summed E-state index contributed by atoms with van der Waals surface area (Å²) in [6, 6.07) is 17.0. The van der Waals surface area contributed by atoms with Crippen molar-refractivity contribution in [2.24, 2.45) is 0 Å². The number of ether oxygens (including phenoxy) is 3. The Morgan fingerprint density at radius 2 is 1.63 bits per heavy atom. The molecule has 4 rings (SSSR count). The lowest BCUT2D eigenvalue weighted by Crippen LogP contribution is -2.14. The van der Waals surface area contributed by atoms with Crippen LogP contribution in [0.15, 0.2) is 60.7 Å². The Kier molecular flexibility index (Phi) is 6.50. The average Bonchev–Trinajstić information content (AvgIpc) is 2.87. The fraction of sp³-hybridized carbons (Fsp3) is 0.154. The van der Waals surface area contributed by atoms with Gasteiger partial charge >= 0.3 is 0 Å². The van der Waals surface area contributed by atoms with Gasteiger partial charge in [0.05, 0.1) is 54.3 Å². The van der Waals surface area contributed by atoms with Crippen LogP contribution in [0, 0.1) is 17.0 Å². The number of pyridine rings is 1. The van der Waals surface area contributed by atoms with Crippen LogP contribution in [0.1, 0.15) is 15.9 Å². The SMILES string of the molecule is COc1cc(-c2cc(C(=O)Nc3cccc([N+](=O)[O-])c3C)c3ccccc3n2)cc(OC)c1OC. The Labute approximate surface area is 201 Å². The van der Waals surface area contributed by atoms with Crippen molar-refractivity contribution in [3.8, 4) is 28.5 Å². The lowest BCUT2D eigenvalue weighted by molar-refractivity contribution is -0.385. The highest BCUT2D eigenvalue weighted by molar-refractivity contribution is 6.13. The van der Waals surface area contributed by atoms with Gasteiger partial charge in [-0.2, -0.15) is 0 Å². The maximum atomic E-state index is 13.4. The molecule has 9 nitrogen and oxygen atoms in total. The first kappa shape index (κ1) is 23.5. The van der Waals surface area contributed by atoms with Crippen LogP contribution < -0.4 is 19.5 Å². The number of nitro benzene ring substituents is 1. The molecule has 0 bridgehead atoms. The van der Waals surface area contributed by atoms with Crippen LogP contribution in [-0.2, 0) is 0 Å². The third-order valence-electron chi connectivity index (χ3n) is 5.67. The molecule has 178 valence electrons. The highest BCUT2D eigenvalue weighted by Gasteiger charge is 2.20. The Morgan fingerprint density at radius 3 is 2.26 bits per heavy atom. The minimum Gasteiger partial charge on any atom is -0.493 e. The molecule has 3 aromatic carbocycles. The predicted molar refractivity (Wildman–Crippen MR) is 133 cm³/mol. The van der Waals surface area contributed by atoms with E-state index in [4.69, 9.17) is 19.2 Å². The molecule has 0 aliphatic heterocycles. The quantitative estimate of drug-likeness (QED) is 0.283. The van der Waals surface area contributed by atoms with Gasteiger partial charge in [-0.15, -0.1) is 0 Å². The zero-order chi connectivity index (χ0) is 25.1. The summed E-state index contributed by atoms with van der Waals surface area (Å²) in [5.74, 6) is 0.935. The first-order valence-electron chi connectivity index (χ1n) is 10.6. The summed E-state index contributed by atoms with van der Waals surface area (Å²) in [6.45, 7) is 1.60. The standard InChI is InChI=1S/C26H23N3O6/c1-15-19(10-7-11-22(15)29(31)32)28-26(30)18-14-21(27-20-9-6-5-8-17(18)20)16-12-23(33-2)25(35-4)24(13-16)34-3/h5-14H,1-4H3,(H,28,30). The summed E-state index contributed by atoms with van der Waals surface area (Å²) in [7, 11) is 4.57. The summed E-state index contributed by atoms with van der Waals surface area (Å²) in [5.41, 5.74) is 2.81. The number of para-hydroxylation sites is 1. The van der Waals surface area contributed by atoms with E-state index >= 15 is 0 Å². The molecule has 0 radical (unpaired) electrons. The zero-order valence-electron chi connectivity index (χ0n) is 19.6. The number of fused-ring (bicyclic) bond motifs is 1. The van der Waals surface area contributed by atoms with E-state index in [1.807, 2.05) is 18.2 Å². The zero-order valence-corrected chi connectivity index (χ0v) is 19.6. The average molecular weight is 473 g/mol. The minimum absolute atomic E-state index is 0.0690. The first-order chi connectivity index (χ1) is 16.9. The summed E-state index contributed by atoms with van der Waals surface area (Å²) in [6.07, 6.45) is 0. The molecule has 0 unspecified atom stereocenters. The summed E-state index contributed by atoms with van der Waals surface area (Å²) in [5, 5.41) is 14.8. The molecule has 1 aromatic heterocycles. The highest BCUT2D eigenvalue weighted by Crippen LogP contribution is 2.41. The second-order valence-electron chi connectivity index (χ2n) is 7.65. The van der Waals surface area contributed by atoms with Gasteiger partial charge in [-0.25, -0.2) is 4.98 Å². The number of hydrogen-bond acceptors (Lipinski definition) is 7. The molecule has 0 atom stereocenters. The largest absolute Gasteiger partial charge is 0.493 e. The molecular weight excluding hydrogens is 450 g/mol. The van der Waals surface area contributed by atoms with Gasteiger partial charge in [-0.05, 0) is 37.3 Å². The number of nitro groups is 1. The Morgan fingerprint density at radius 1 is 0.943 bits per heavy atom. The Balaban J connectivity index is 1.85. The van der Waals surface area contributed by atoms with Crippen LogP contribution in [0.3, 0.4) is 0 Å². The van der Waals surface area contributed by atoms with Gasteiger partial charge in [-0.1, -0.05) is 24.3 Å². The maximum absolute atomic E-state index is 13.4. The van der Waals surface area contributed by atoms with Crippen molar-refractivity contribution in [2.75, 3.05) is 26.6 Å². The van der Waals surface area contributed by atoms with Crippen LogP contribution in [0.5, 0.6) is 17.2 Å². The van der Waals surface area contributed by atoms with Crippen molar-refractivity contribution >= 4 is 28.2 Å². The third-order valence-corrected chi connectivity index (χ3v) is 5.67. The van der Waals surface area contributed by atoms with E-state index in [1.54, 1.807) is 37.3 Å². The van der Waals surface area contributed by atoms with E-state index in [0.29, 0.717) is 56.2 Å². The number of benzene rings is 3. The number of carbonyl (C=O) groups is 1. The Hall–Kier alpha value is -4.66. The molecule has 1 N–H and O–H groups in total. The van der Waals surface area contributed by atoms with Crippen molar-refractivity contribution in [3.63, 3.8) is 0 Å². The van der Waals surface area contributed by atoms with Crippen LogP contribution in [-0.4, -0.2) is 37.1 Å². The van der Waals surface area contributed by atoms with Gasteiger partial charge in [-0.3, -0.25) is 14.9 Å². The van der Waals surface area contributed by atoms with Crippen molar-refractivity contribution < 1.29 is 23.9 Å². The number of amides is 1. The minimum atomic E-state index is -0.477. The molecule has 0 aliphatic rings. The van der Waals surface area contributed by atoms with E-state index in [1.165, 1.54) is 33.5 Å². The molecule has 0 saturated carbocycles. The van der Waals surface area contributed by atoms with Gasteiger partial charge in [0.2, 0.25) is 5.75 Å². The van der Waals surface area contributed by atoms with Gasteiger partial charge in [0.15, 0.2) is 11.5 Å². The van der Waals surface area contributed by atoms with E-state index in [9.17, 15) is 14.9 Å². The van der Waals surface area contributed by atoms with Gasteiger partial charge < -0.3 is 19.5 Å². The predicted octanol–water partition coefficient (Wildman–Crippen LogP) is 5.40. The molecule has 0 aliphatic carbocycles. The molecule has 9 heteroatoms. The molecule has 35 heavy (non-hydrogen) atoms. The lowest BCUT2D eigenvalue weighted by Gasteiger charge is -2.15. The number of rotatable bonds is 7. The normalized spacial score (nSPS) is 10.6. The van der Waals surface area contributed by atoms with Crippen LogP contribution in [0.25, 0.3) is 22.2 Å². The van der Waals surface area contributed by atoms with E-state index in [0.717, 1.165) is 0 Å². The number of methoxy groups -OCH3 is 3. The fourth-order valence-electron chi connectivity index (χ4n) is 3.89. The molecule has 1 amide bonds. The number of anilines is 1. The third kappa shape index (κ3) is 4.43. The van der Waals surface area contributed by atoms with Gasteiger partial charge in [0.25, 0.3) is 11.6 Å². The maximum Gasteiger partial charge on any atom is 0.274 e. The number of aromatic nitrogens is 1. The van der Waals surface area contributed by atoms with Crippen molar-refractivity contribution in [1.29, 1.82) is 0 Å². The van der Waals surface area contributed by atoms with Crippen LogP contribution >= 0.6 is 0 Å². The Bertz CT molecular complexity index is 1430. The summed E-state index contributed by atoms with van der Waals surface area (Å²) >= 11 is 0. The highest BCUT2D eigenvalue weighted by atomic mass is 16.6. The van der Waals surface area contributed by atoms with Crippen LogP contribution in [0.2, 0.25) is 0 Å². The molecule has 4 aromatic rings. The molecule has 0 saturated heterocycles. The van der Waals surface area contributed by atoms with E-state index in [-0.39, 0.29) is 5.69 Å². The first-order valence-corrected chi connectivity index (χ1v) is 10.6. The number of hydrogen-bond donors (Lipinski definition) is 1. The van der Waals surface area contributed by atoms with E-state index in [2.05, 4.69) is 5.32 Å². The second kappa shape index (κ2) is 9.68. The number of nitrogens with zero attached hydrogens (tertiary/aromatic N) is 2. The number of nitrogens with one attached hydrogen (secondary N) is 1. The fourth-order valence-corrected chi connectivity index (χ4v) is 3.89. The molecular formula is C26H23N3O6. The monoisotopic (exact) mass is 473 g/mol. The summed E-state index contributed by atoms with van der Waals surface area (Å²) in [4.78, 5) is 29.0. The van der Waals surface area contributed by atoms with Crippen molar-refractivity contribution in [1.82, 2.24) is 4.98 Å². The van der Waals surface area contributed by atoms with Crippen molar-refractivity contribution in [3.05, 3.63) is 81.9 Å². The smallest absolute Gasteiger partial charge is 0.274 e. The molecule has 0 fully saturated rings. The topological polar surface area (TPSA) is 113 Å².